The van der Waals surface area contributed by atoms with Crippen molar-refractivity contribution in [1.29, 1.82) is 0 Å². The third-order valence-electron chi connectivity index (χ3n) is 5.81. The van der Waals surface area contributed by atoms with Gasteiger partial charge in [-0.1, -0.05) is 0 Å². The molecule has 0 aliphatic carbocycles. The van der Waals surface area contributed by atoms with Crippen LogP contribution in [0, 0.1) is 0 Å². The number of nitrogen functional groups attached to an aromatic ring is 1. The van der Waals surface area contributed by atoms with Crippen molar-refractivity contribution in [2.75, 3.05) is 49.9 Å². The van der Waals surface area contributed by atoms with Crippen LogP contribution in [0.25, 0.3) is 17.4 Å². The maximum absolute atomic E-state index is 13.9. The lowest BCUT2D eigenvalue weighted by molar-refractivity contribution is -0.136. The lowest BCUT2D eigenvalue weighted by Gasteiger charge is -2.44. The molecule has 11 nitrogen and oxygen atoms in total. The molecule has 1 amide bonds. The molecule has 0 saturated carbocycles. The minimum Gasteiger partial charge on any atom is -0.461 e. The molecule has 2 fully saturated rings. The first-order valence-corrected chi connectivity index (χ1v) is 10.7. The van der Waals surface area contributed by atoms with E-state index in [-0.39, 0.29) is 17.9 Å². The summed E-state index contributed by atoms with van der Waals surface area (Å²) >= 11 is 0. The molecular formula is C20H26FN9O2. The van der Waals surface area contributed by atoms with E-state index < -0.39 is 5.67 Å². The SMILES string of the molecule is CC(C)(F)CN1CCN(C(=O)[C@@H]2CCN2c2nc(N)n3nc(-c4ccco4)nc3n2)CC1. The van der Waals surface area contributed by atoms with Crippen LogP contribution in [0.5, 0.6) is 0 Å². The molecule has 2 aliphatic heterocycles. The van der Waals surface area contributed by atoms with Crippen molar-refractivity contribution < 1.29 is 13.6 Å². The highest BCUT2D eigenvalue weighted by molar-refractivity contribution is 5.86. The van der Waals surface area contributed by atoms with E-state index in [2.05, 4.69) is 25.0 Å². The Bertz CT molecular complexity index is 1120. The summed E-state index contributed by atoms with van der Waals surface area (Å²) in [5, 5.41) is 4.30. The summed E-state index contributed by atoms with van der Waals surface area (Å²) in [4.78, 5) is 32.1. The molecule has 3 aromatic rings. The van der Waals surface area contributed by atoms with Crippen molar-refractivity contribution in [3.63, 3.8) is 0 Å². The topological polar surface area (TPSA) is 122 Å². The second kappa shape index (κ2) is 7.69. The van der Waals surface area contributed by atoms with Gasteiger partial charge in [-0.2, -0.15) is 19.5 Å². The monoisotopic (exact) mass is 443 g/mol. The first-order chi connectivity index (χ1) is 15.3. The van der Waals surface area contributed by atoms with Crippen LogP contribution < -0.4 is 10.6 Å². The molecule has 0 aromatic carbocycles. The van der Waals surface area contributed by atoms with Gasteiger partial charge in [-0.25, -0.2) is 4.39 Å². The normalized spacial score (nSPS) is 20.0. The molecule has 5 heterocycles. The molecule has 12 heteroatoms. The zero-order chi connectivity index (χ0) is 22.5. The molecule has 0 radical (unpaired) electrons. The smallest absolute Gasteiger partial charge is 0.259 e. The van der Waals surface area contributed by atoms with Crippen molar-refractivity contribution in [3.8, 4) is 11.6 Å². The number of nitrogens with zero attached hydrogens (tertiary/aromatic N) is 8. The van der Waals surface area contributed by atoms with Crippen LogP contribution in [0.15, 0.2) is 22.8 Å². The number of fused-ring (bicyclic) bond motifs is 1. The third-order valence-corrected chi connectivity index (χ3v) is 5.81. The van der Waals surface area contributed by atoms with Gasteiger partial charge in [-0.05, 0) is 32.4 Å². The van der Waals surface area contributed by atoms with Crippen molar-refractivity contribution in [1.82, 2.24) is 34.4 Å². The number of alkyl halides is 1. The molecule has 2 N–H and O–H groups in total. The molecule has 0 bridgehead atoms. The number of carbonyl (C=O) groups excluding carboxylic acids is 1. The number of rotatable bonds is 5. The van der Waals surface area contributed by atoms with E-state index in [0.29, 0.717) is 62.6 Å². The zero-order valence-corrected chi connectivity index (χ0v) is 18.1. The second-order valence-electron chi connectivity index (χ2n) is 8.82. The Morgan fingerprint density at radius 3 is 2.62 bits per heavy atom. The van der Waals surface area contributed by atoms with Gasteiger partial charge in [-0.3, -0.25) is 9.69 Å². The Morgan fingerprint density at radius 2 is 2.00 bits per heavy atom. The van der Waals surface area contributed by atoms with Crippen LogP contribution >= 0.6 is 0 Å². The number of amides is 1. The first-order valence-electron chi connectivity index (χ1n) is 10.7. The summed E-state index contributed by atoms with van der Waals surface area (Å²) in [5.41, 5.74) is 4.85. The molecule has 32 heavy (non-hydrogen) atoms. The Labute approximate surface area is 184 Å². The van der Waals surface area contributed by atoms with E-state index in [0.717, 1.165) is 6.42 Å². The van der Waals surface area contributed by atoms with E-state index in [9.17, 15) is 9.18 Å². The Balaban J connectivity index is 1.29. The Morgan fingerprint density at radius 1 is 1.22 bits per heavy atom. The molecule has 5 rings (SSSR count). The third kappa shape index (κ3) is 3.85. The van der Waals surface area contributed by atoms with Crippen LogP contribution in [-0.4, -0.2) is 91.3 Å². The minimum absolute atomic E-state index is 0.0372. The van der Waals surface area contributed by atoms with Gasteiger partial charge in [0, 0.05) is 39.3 Å². The fourth-order valence-corrected chi connectivity index (χ4v) is 4.19. The van der Waals surface area contributed by atoms with Crippen molar-refractivity contribution in [3.05, 3.63) is 18.4 Å². The van der Waals surface area contributed by atoms with Crippen molar-refractivity contribution >= 4 is 23.6 Å². The number of hydrogen-bond donors (Lipinski definition) is 1. The maximum Gasteiger partial charge on any atom is 0.259 e. The minimum atomic E-state index is -1.24. The van der Waals surface area contributed by atoms with Crippen LogP contribution in [0.4, 0.5) is 16.3 Å². The van der Waals surface area contributed by atoms with E-state index in [4.69, 9.17) is 10.2 Å². The van der Waals surface area contributed by atoms with Gasteiger partial charge >= 0.3 is 0 Å². The molecule has 3 aromatic heterocycles. The second-order valence-corrected chi connectivity index (χ2v) is 8.82. The standard InChI is InChI=1S/C20H26FN9O2/c1-20(2,21)12-27-7-9-28(10-8-27)16(31)13-5-6-29(13)18-24-17(22)30-19(25-18)23-15(26-30)14-4-3-11-32-14/h3-4,11,13H,5-10,12H2,1-2H3,(H2,22,23,24,25,26)/t13-/m0/s1. The van der Waals surface area contributed by atoms with E-state index in [1.54, 1.807) is 26.0 Å². The fourth-order valence-electron chi connectivity index (χ4n) is 4.19. The highest BCUT2D eigenvalue weighted by Crippen LogP contribution is 2.27. The maximum atomic E-state index is 13.9. The number of hydrogen-bond acceptors (Lipinski definition) is 9. The van der Waals surface area contributed by atoms with Crippen LogP contribution in [0.1, 0.15) is 20.3 Å². The number of aromatic nitrogens is 5. The lowest BCUT2D eigenvalue weighted by atomic mass is 10.0. The van der Waals surface area contributed by atoms with Gasteiger partial charge in [0.25, 0.3) is 5.78 Å². The summed E-state index contributed by atoms with van der Waals surface area (Å²) in [5.74, 6) is 1.68. The van der Waals surface area contributed by atoms with E-state index in [1.807, 2.05) is 9.80 Å². The van der Waals surface area contributed by atoms with Gasteiger partial charge in [0.2, 0.25) is 23.6 Å². The van der Waals surface area contributed by atoms with Gasteiger partial charge in [0.15, 0.2) is 5.76 Å². The largest absolute Gasteiger partial charge is 0.461 e. The molecular weight excluding hydrogens is 417 g/mol. The number of nitrogens with two attached hydrogens (primary N) is 1. The summed E-state index contributed by atoms with van der Waals surface area (Å²) in [7, 11) is 0. The zero-order valence-electron chi connectivity index (χ0n) is 18.1. The average Bonchev–Trinajstić information content (AvgIpc) is 3.36. The molecule has 2 saturated heterocycles. The highest BCUT2D eigenvalue weighted by Gasteiger charge is 2.40. The average molecular weight is 443 g/mol. The summed E-state index contributed by atoms with van der Waals surface area (Å²) in [6.07, 6.45) is 2.26. The predicted molar refractivity (Wildman–Crippen MR) is 115 cm³/mol. The summed E-state index contributed by atoms with van der Waals surface area (Å²) < 4.78 is 20.6. The Kier molecular flexibility index (Phi) is 4.96. The van der Waals surface area contributed by atoms with Crippen LogP contribution in [0.3, 0.4) is 0 Å². The molecule has 170 valence electrons. The highest BCUT2D eigenvalue weighted by atomic mass is 19.1. The molecule has 1 atom stereocenters. The Hall–Kier alpha value is -3.28. The fraction of sp³-hybridized carbons (Fsp3) is 0.550. The van der Waals surface area contributed by atoms with Gasteiger partial charge in [-0.15, -0.1) is 5.10 Å². The summed E-state index contributed by atoms with van der Waals surface area (Å²) in [6, 6.07) is 3.15. The lowest BCUT2D eigenvalue weighted by Crippen LogP contribution is -2.61. The van der Waals surface area contributed by atoms with Crippen LogP contribution in [-0.2, 0) is 4.79 Å². The number of piperazine rings is 1. The number of anilines is 2. The first kappa shape index (κ1) is 20.6. The van der Waals surface area contributed by atoms with Gasteiger partial charge in [0.05, 0.1) is 6.26 Å². The van der Waals surface area contributed by atoms with Crippen molar-refractivity contribution in [2.45, 2.75) is 32.0 Å². The number of furan rings is 1. The van der Waals surface area contributed by atoms with E-state index >= 15 is 0 Å². The predicted octanol–water partition coefficient (Wildman–Crippen LogP) is 0.833. The van der Waals surface area contributed by atoms with Gasteiger partial charge < -0.3 is 20.0 Å². The summed E-state index contributed by atoms with van der Waals surface area (Å²) in [6.45, 7) is 6.67. The molecule has 0 spiro atoms. The van der Waals surface area contributed by atoms with Crippen molar-refractivity contribution in [2.24, 2.45) is 0 Å². The number of halogens is 1. The molecule has 2 aliphatic rings. The number of carbonyl (C=O) groups is 1. The van der Waals surface area contributed by atoms with Gasteiger partial charge in [0.1, 0.15) is 11.7 Å². The quantitative estimate of drug-likeness (QED) is 0.611. The molecule has 0 unspecified atom stereocenters. The van der Waals surface area contributed by atoms with Crippen LogP contribution in [0.2, 0.25) is 0 Å². The van der Waals surface area contributed by atoms with E-state index in [1.165, 1.54) is 10.8 Å².